The standard InChI is InChI=1S/C19H14N2O2S2/c22-17-14(13-8-4-5-9-15(13)20-17)10-16-18(23)21(19(24)25-16)11-12-6-2-1-3-7-12/h1-10,14H,11H2,(H,20,22)/b16-10-. The second kappa shape index (κ2) is 6.46. The van der Waals surface area contributed by atoms with Gasteiger partial charge in [0.2, 0.25) is 5.91 Å². The first-order valence-electron chi connectivity index (χ1n) is 7.83. The van der Waals surface area contributed by atoms with Crippen LogP contribution >= 0.6 is 24.0 Å². The van der Waals surface area contributed by atoms with E-state index in [2.05, 4.69) is 5.32 Å². The molecule has 2 aliphatic rings. The summed E-state index contributed by atoms with van der Waals surface area (Å²) >= 11 is 6.62. The van der Waals surface area contributed by atoms with Crippen molar-refractivity contribution in [1.29, 1.82) is 0 Å². The Morgan fingerprint density at radius 3 is 2.60 bits per heavy atom. The van der Waals surface area contributed by atoms with Crippen LogP contribution in [-0.4, -0.2) is 21.0 Å². The Bertz CT molecular complexity index is 909. The Kier molecular flexibility index (Phi) is 4.15. The van der Waals surface area contributed by atoms with Crippen molar-refractivity contribution in [2.24, 2.45) is 0 Å². The Hall–Kier alpha value is -2.44. The molecular weight excluding hydrogens is 352 g/mol. The fourth-order valence-electron chi connectivity index (χ4n) is 2.97. The number of thiocarbonyl (C=S) groups is 1. The number of amides is 2. The summed E-state index contributed by atoms with van der Waals surface area (Å²) in [4.78, 5) is 27.1. The number of nitrogens with zero attached hydrogens (tertiary/aromatic N) is 1. The van der Waals surface area contributed by atoms with Gasteiger partial charge in [0.05, 0.1) is 17.4 Å². The first-order chi connectivity index (χ1) is 12.1. The maximum Gasteiger partial charge on any atom is 0.266 e. The molecule has 0 spiro atoms. The molecule has 1 N–H and O–H groups in total. The Balaban J connectivity index is 1.60. The first kappa shape index (κ1) is 16.1. The van der Waals surface area contributed by atoms with Crippen LogP contribution in [0.2, 0.25) is 0 Å². The third-order valence-corrected chi connectivity index (χ3v) is 5.61. The summed E-state index contributed by atoms with van der Waals surface area (Å²) in [6, 6.07) is 17.3. The number of para-hydroxylation sites is 1. The molecule has 1 atom stereocenters. The summed E-state index contributed by atoms with van der Waals surface area (Å²) in [6.07, 6.45) is 1.73. The van der Waals surface area contributed by atoms with Gasteiger partial charge in [-0.3, -0.25) is 14.5 Å². The lowest BCUT2D eigenvalue weighted by Gasteiger charge is -2.14. The fraction of sp³-hybridized carbons (Fsp3) is 0.105. The lowest BCUT2D eigenvalue weighted by molar-refractivity contribution is -0.122. The van der Waals surface area contributed by atoms with Gasteiger partial charge in [-0.05, 0) is 23.3 Å². The number of fused-ring (bicyclic) bond motifs is 1. The molecule has 2 aromatic carbocycles. The maximum atomic E-state index is 12.7. The SMILES string of the molecule is O=C1Nc2ccccc2C1/C=C1\SC(=S)N(Cc2ccccc2)C1=O. The van der Waals surface area contributed by atoms with E-state index in [1.54, 1.807) is 11.0 Å². The third-order valence-electron chi connectivity index (χ3n) is 4.21. The van der Waals surface area contributed by atoms with Gasteiger partial charge in [0, 0.05) is 5.69 Å². The van der Waals surface area contributed by atoms with Crippen molar-refractivity contribution in [3.05, 3.63) is 76.7 Å². The monoisotopic (exact) mass is 366 g/mol. The normalized spacial score (nSPS) is 21.0. The van der Waals surface area contributed by atoms with Crippen molar-refractivity contribution in [2.45, 2.75) is 12.5 Å². The van der Waals surface area contributed by atoms with Gasteiger partial charge >= 0.3 is 0 Å². The number of nitrogens with one attached hydrogen (secondary N) is 1. The zero-order valence-corrected chi connectivity index (χ0v) is 14.8. The molecule has 25 heavy (non-hydrogen) atoms. The Morgan fingerprint density at radius 1 is 1.08 bits per heavy atom. The average molecular weight is 366 g/mol. The van der Waals surface area contributed by atoms with Gasteiger partial charge in [-0.25, -0.2) is 0 Å². The van der Waals surface area contributed by atoms with Crippen LogP contribution in [0.5, 0.6) is 0 Å². The van der Waals surface area contributed by atoms with E-state index in [0.717, 1.165) is 16.8 Å². The van der Waals surface area contributed by atoms with E-state index in [1.807, 2.05) is 54.6 Å². The topological polar surface area (TPSA) is 49.4 Å². The van der Waals surface area contributed by atoms with Gasteiger partial charge in [0.25, 0.3) is 5.91 Å². The van der Waals surface area contributed by atoms with Crippen molar-refractivity contribution in [3.8, 4) is 0 Å². The summed E-state index contributed by atoms with van der Waals surface area (Å²) < 4.78 is 0.520. The van der Waals surface area contributed by atoms with Crippen LogP contribution in [0.25, 0.3) is 0 Å². The first-order valence-corrected chi connectivity index (χ1v) is 9.05. The largest absolute Gasteiger partial charge is 0.325 e. The molecule has 1 saturated heterocycles. The molecule has 0 saturated carbocycles. The predicted octanol–water partition coefficient (Wildman–Crippen LogP) is 3.67. The molecule has 124 valence electrons. The lowest BCUT2D eigenvalue weighted by Crippen LogP contribution is -2.27. The number of carbonyl (C=O) groups is 2. The quantitative estimate of drug-likeness (QED) is 0.665. The zero-order chi connectivity index (χ0) is 17.4. The van der Waals surface area contributed by atoms with Crippen LogP contribution in [0.1, 0.15) is 17.0 Å². The smallest absolute Gasteiger partial charge is 0.266 e. The molecule has 1 unspecified atom stereocenters. The number of rotatable bonds is 3. The molecule has 4 rings (SSSR count). The summed E-state index contributed by atoms with van der Waals surface area (Å²) in [5.41, 5.74) is 2.71. The van der Waals surface area contributed by atoms with Crippen LogP contribution in [-0.2, 0) is 16.1 Å². The number of carbonyl (C=O) groups excluding carboxylic acids is 2. The fourth-order valence-corrected chi connectivity index (χ4v) is 4.23. The molecule has 0 radical (unpaired) electrons. The van der Waals surface area contributed by atoms with Gasteiger partial charge in [-0.2, -0.15) is 0 Å². The minimum Gasteiger partial charge on any atom is -0.325 e. The molecule has 2 amide bonds. The van der Waals surface area contributed by atoms with E-state index in [9.17, 15) is 9.59 Å². The van der Waals surface area contributed by atoms with Gasteiger partial charge in [-0.15, -0.1) is 0 Å². The van der Waals surface area contributed by atoms with Crippen molar-refractivity contribution in [3.63, 3.8) is 0 Å². The van der Waals surface area contributed by atoms with Crippen molar-refractivity contribution >= 4 is 45.8 Å². The molecule has 4 nitrogen and oxygen atoms in total. The van der Waals surface area contributed by atoms with E-state index in [4.69, 9.17) is 12.2 Å². The summed E-state index contributed by atoms with van der Waals surface area (Å²) in [5.74, 6) is -0.715. The molecule has 6 heteroatoms. The Morgan fingerprint density at radius 2 is 1.80 bits per heavy atom. The van der Waals surface area contributed by atoms with E-state index in [-0.39, 0.29) is 11.8 Å². The van der Waals surface area contributed by atoms with Gasteiger partial charge in [0.1, 0.15) is 4.32 Å². The van der Waals surface area contributed by atoms with E-state index >= 15 is 0 Å². The molecule has 1 fully saturated rings. The second-order valence-corrected chi connectivity index (χ2v) is 7.51. The highest BCUT2D eigenvalue weighted by molar-refractivity contribution is 8.26. The van der Waals surface area contributed by atoms with Crippen LogP contribution in [0.15, 0.2) is 65.6 Å². The highest BCUT2D eigenvalue weighted by Gasteiger charge is 2.35. The second-order valence-electron chi connectivity index (χ2n) is 5.83. The minimum atomic E-state index is -0.456. The summed E-state index contributed by atoms with van der Waals surface area (Å²) in [6.45, 7) is 0.441. The van der Waals surface area contributed by atoms with E-state index < -0.39 is 5.92 Å². The highest BCUT2D eigenvalue weighted by Crippen LogP contribution is 2.38. The van der Waals surface area contributed by atoms with Gasteiger partial charge < -0.3 is 5.32 Å². The molecule has 2 aromatic rings. The lowest BCUT2D eigenvalue weighted by atomic mass is 10.0. The maximum absolute atomic E-state index is 12.7. The van der Waals surface area contributed by atoms with Crippen LogP contribution in [0.3, 0.4) is 0 Å². The van der Waals surface area contributed by atoms with Gasteiger partial charge in [-0.1, -0.05) is 72.5 Å². The van der Waals surface area contributed by atoms with E-state index in [1.165, 1.54) is 11.8 Å². The van der Waals surface area contributed by atoms with E-state index in [0.29, 0.717) is 15.8 Å². The van der Waals surface area contributed by atoms with Crippen LogP contribution in [0, 0.1) is 0 Å². The number of thioether (sulfide) groups is 1. The van der Waals surface area contributed by atoms with Crippen LogP contribution < -0.4 is 5.32 Å². The van der Waals surface area contributed by atoms with Crippen molar-refractivity contribution in [1.82, 2.24) is 4.90 Å². The molecule has 0 aliphatic carbocycles. The molecule has 2 aliphatic heterocycles. The predicted molar refractivity (Wildman–Crippen MR) is 103 cm³/mol. The van der Waals surface area contributed by atoms with Crippen molar-refractivity contribution in [2.75, 3.05) is 5.32 Å². The van der Waals surface area contributed by atoms with Gasteiger partial charge in [0.15, 0.2) is 0 Å². The molecule has 2 heterocycles. The van der Waals surface area contributed by atoms with Crippen LogP contribution in [0.4, 0.5) is 5.69 Å². The third kappa shape index (κ3) is 2.99. The molecular formula is C19H14N2O2S2. The Labute approximate surface area is 154 Å². The number of hydrogen-bond donors (Lipinski definition) is 1. The number of anilines is 1. The summed E-state index contributed by atoms with van der Waals surface area (Å²) in [7, 11) is 0. The molecule has 0 aromatic heterocycles. The summed E-state index contributed by atoms with van der Waals surface area (Å²) in [5, 5.41) is 2.85. The minimum absolute atomic E-state index is 0.116. The number of hydrogen-bond acceptors (Lipinski definition) is 4. The number of benzene rings is 2. The average Bonchev–Trinajstić information content (AvgIpc) is 3.07. The highest BCUT2D eigenvalue weighted by atomic mass is 32.2. The van der Waals surface area contributed by atoms with Crippen molar-refractivity contribution < 1.29 is 9.59 Å². The molecule has 0 bridgehead atoms. The zero-order valence-electron chi connectivity index (χ0n) is 13.1.